The molecule has 1 heterocycles. The van der Waals surface area contributed by atoms with Gasteiger partial charge in [-0.2, -0.15) is 11.8 Å². The lowest BCUT2D eigenvalue weighted by Crippen LogP contribution is -2.39. The quantitative estimate of drug-likeness (QED) is 0.389. The first-order valence-corrected chi connectivity index (χ1v) is 9.85. The number of hydrogen-bond donors (Lipinski definition) is 2. The molecule has 0 aromatic rings. The molecular weight excluding hydrogens is 280 g/mol. The number of nitrogens with one attached hydrogen (secondary N) is 2. The molecular formula is C16H34N4S. The fourth-order valence-corrected chi connectivity index (χ4v) is 3.28. The maximum Gasteiger partial charge on any atom is 0.190 e. The van der Waals surface area contributed by atoms with Crippen LogP contribution >= 0.6 is 11.8 Å². The van der Waals surface area contributed by atoms with E-state index in [1.807, 2.05) is 18.8 Å². The van der Waals surface area contributed by atoms with Crippen LogP contribution in [0.5, 0.6) is 0 Å². The molecule has 0 amide bonds. The van der Waals surface area contributed by atoms with Crippen molar-refractivity contribution in [3.63, 3.8) is 0 Å². The third kappa shape index (κ3) is 8.57. The smallest absolute Gasteiger partial charge is 0.190 e. The summed E-state index contributed by atoms with van der Waals surface area (Å²) < 4.78 is 0. The van der Waals surface area contributed by atoms with Gasteiger partial charge in [0.2, 0.25) is 0 Å². The highest BCUT2D eigenvalue weighted by Crippen LogP contribution is 2.19. The minimum Gasteiger partial charge on any atom is -0.356 e. The number of hydrogen-bond acceptors (Lipinski definition) is 3. The van der Waals surface area contributed by atoms with Gasteiger partial charge in [-0.3, -0.25) is 4.99 Å². The van der Waals surface area contributed by atoms with Crippen LogP contribution in [-0.2, 0) is 0 Å². The summed E-state index contributed by atoms with van der Waals surface area (Å²) >= 11 is 1.92. The van der Waals surface area contributed by atoms with E-state index in [1.165, 1.54) is 57.5 Å². The summed E-state index contributed by atoms with van der Waals surface area (Å²) in [6.45, 7) is 8.10. The highest BCUT2D eigenvalue weighted by Gasteiger charge is 2.17. The van der Waals surface area contributed by atoms with Gasteiger partial charge in [0.25, 0.3) is 0 Å². The van der Waals surface area contributed by atoms with Crippen LogP contribution in [0.2, 0.25) is 0 Å². The molecule has 0 aliphatic carbocycles. The van der Waals surface area contributed by atoms with E-state index in [0.29, 0.717) is 0 Å². The van der Waals surface area contributed by atoms with Crippen molar-refractivity contribution in [2.24, 2.45) is 10.9 Å². The van der Waals surface area contributed by atoms with Crippen molar-refractivity contribution < 1.29 is 0 Å². The van der Waals surface area contributed by atoms with Crippen LogP contribution in [0.4, 0.5) is 0 Å². The number of likely N-dealkylation sites (tertiary alicyclic amines) is 1. The Balaban J connectivity index is 2.04. The van der Waals surface area contributed by atoms with E-state index in [-0.39, 0.29) is 0 Å². The molecule has 0 aromatic heterocycles. The molecule has 21 heavy (non-hydrogen) atoms. The molecule has 0 atom stereocenters. The van der Waals surface area contributed by atoms with E-state index >= 15 is 0 Å². The Morgan fingerprint density at radius 1 is 1.19 bits per heavy atom. The van der Waals surface area contributed by atoms with E-state index in [2.05, 4.69) is 33.7 Å². The van der Waals surface area contributed by atoms with E-state index in [1.54, 1.807) is 0 Å². The van der Waals surface area contributed by atoms with Gasteiger partial charge in [-0.15, -0.1) is 0 Å². The molecule has 1 rings (SSSR count). The monoisotopic (exact) mass is 314 g/mol. The van der Waals surface area contributed by atoms with Crippen molar-refractivity contribution in [1.29, 1.82) is 0 Å². The molecule has 4 nitrogen and oxygen atoms in total. The highest BCUT2D eigenvalue weighted by molar-refractivity contribution is 7.98. The van der Waals surface area contributed by atoms with Crippen molar-refractivity contribution in [2.75, 3.05) is 51.8 Å². The van der Waals surface area contributed by atoms with Crippen LogP contribution in [0.3, 0.4) is 0 Å². The number of nitrogens with zero attached hydrogens (tertiary/aromatic N) is 2. The van der Waals surface area contributed by atoms with E-state index in [0.717, 1.165) is 25.0 Å². The van der Waals surface area contributed by atoms with Gasteiger partial charge in [-0.1, -0.05) is 6.92 Å². The lowest BCUT2D eigenvalue weighted by molar-refractivity contribution is 0.187. The Hall–Kier alpha value is -0.420. The Bertz CT molecular complexity index is 275. The fourth-order valence-electron chi connectivity index (χ4n) is 2.78. The summed E-state index contributed by atoms with van der Waals surface area (Å²) in [7, 11) is 1.86. The Kier molecular flexibility index (Phi) is 10.8. The second-order valence-corrected chi connectivity index (χ2v) is 6.78. The fraction of sp³-hybridized carbons (Fsp3) is 0.938. The molecule has 0 radical (unpaired) electrons. The highest BCUT2D eigenvalue weighted by atomic mass is 32.2. The standard InChI is InChI=1S/C16H34N4S/c1-4-20-12-8-15(9-13-20)7-11-19-16(17-2)18-10-5-6-14-21-3/h15H,4-14H2,1-3H3,(H2,17,18,19). The third-order valence-electron chi connectivity index (χ3n) is 4.29. The van der Waals surface area contributed by atoms with Crippen molar-refractivity contribution in [2.45, 2.75) is 39.0 Å². The zero-order valence-corrected chi connectivity index (χ0v) is 15.0. The van der Waals surface area contributed by atoms with Gasteiger partial charge in [-0.05, 0) is 69.7 Å². The molecule has 0 saturated carbocycles. The largest absolute Gasteiger partial charge is 0.356 e. The van der Waals surface area contributed by atoms with Crippen molar-refractivity contribution in [3.05, 3.63) is 0 Å². The lowest BCUT2D eigenvalue weighted by Gasteiger charge is -2.31. The summed E-state index contributed by atoms with van der Waals surface area (Å²) in [6.07, 6.45) is 8.65. The van der Waals surface area contributed by atoms with Crippen LogP contribution in [0, 0.1) is 5.92 Å². The van der Waals surface area contributed by atoms with Crippen LogP contribution < -0.4 is 10.6 Å². The van der Waals surface area contributed by atoms with Gasteiger partial charge < -0.3 is 15.5 Å². The molecule has 1 aliphatic heterocycles. The molecule has 1 fully saturated rings. The molecule has 0 spiro atoms. The first-order valence-electron chi connectivity index (χ1n) is 8.46. The number of thioether (sulfide) groups is 1. The average Bonchev–Trinajstić information content (AvgIpc) is 2.53. The van der Waals surface area contributed by atoms with Crippen LogP contribution in [0.25, 0.3) is 0 Å². The van der Waals surface area contributed by atoms with E-state index in [9.17, 15) is 0 Å². The van der Waals surface area contributed by atoms with Crippen molar-refractivity contribution in [3.8, 4) is 0 Å². The SMILES string of the molecule is CCN1CCC(CCNC(=NC)NCCCCSC)CC1. The minimum atomic E-state index is 0.889. The van der Waals surface area contributed by atoms with Crippen LogP contribution in [0.15, 0.2) is 4.99 Å². The first-order chi connectivity index (χ1) is 10.3. The first kappa shape index (κ1) is 18.6. The predicted molar refractivity (Wildman–Crippen MR) is 96.4 cm³/mol. The molecule has 5 heteroatoms. The Morgan fingerprint density at radius 3 is 2.52 bits per heavy atom. The van der Waals surface area contributed by atoms with Gasteiger partial charge in [-0.25, -0.2) is 0 Å². The van der Waals surface area contributed by atoms with Gasteiger partial charge in [0.1, 0.15) is 0 Å². The molecule has 0 aromatic carbocycles. The third-order valence-corrected chi connectivity index (χ3v) is 4.99. The second-order valence-electron chi connectivity index (χ2n) is 5.79. The summed E-state index contributed by atoms with van der Waals surface area (Å²) in [6, 6.07) is 0. The maximum atomic E-state index is 4.29. The molecule has 1 saturated heterocycles. The number of unbranched alkanes of at least 4 members (excludes halogenated alkanes) is 1. The number of aliphatic imine (C=N–C) groups is 1. The molecule has 0 bridgehead atoms. The Morgan fingerprint density at radius 2 is 1.90 bits per heavy atom. The van der Waals surface area contributed by atoms with Gasteiger partial charge in [0.05, 0.1) is 0 Å². The minimum absolute atomic E-state index is 0.889. The summed E-state index contributed by atoms with van der Waals surface area (Å²) in [5.41, 5.74) is 0. The van der Waals surface area contributed by atoms with Crippen molar-refractivity contribution >= 4 is 17.7 Å². The van der Waals surface area contributed by atoms with Gasteiger partial charge in [0.15, 0.2) is 5.96 Å². The predicted octanol–water partition coefficient (Wildman–Crippen LogP) is 2.42. The van der Waals surface area contributed by atoms with Gasteiger partial charge >= 0.3 is 0 Å². The second kappa shape index (κ2) is 12.2. The molecule has 2 N–H and O–H groups in total. The summed E-state index contributed by atoms with van der Waals surface area (Å²) in [4.78, 5) is 6.85. The molecule has 1 aliphatic rings. The van der Waals surface area contributed by atoms with E-state index < -0.39 is 0 Å². The van der Waals surface area contributed by atoms with E-state index in [4.69, 9.17) is 0 Å². The molecule has 0 unspecified atom stereocenters. The normalized spacial score (nSPS) is 18.0. The summed E-state index contributed by atoms with van der Waals surface area (Å²) in [5.74, 6) is 3.11. The number of guanidine groups is 1. The average molecular weight is 315 g/mol. The number of rotatable bonds is 9. The lowest BCUT2D eigenvalue weighted by atomic mass is 9.93. The zero-order chi connectivity index (χ0) is 15.3. The number of piperidine rings is 1. The zero-order valence-electron chi connectivity index (χ0n) is 14.2. The van der Waals surface area contributed by atoms with Crippen molar-refractivity contribution in [1.82, 2.24) is 15.5 Å². The molecule has 124 valence electrons. The van der Waals surface area contributed by atoms with Crippen LogP contribution in [0.1, 0.15) is 39.0 Å². The van der Waals surface area contributed by atoms with Crippen LogP contribution in [-0.4, -0.2) is 62.6 Å². The topological polar surface area (TPSA) is 39.7 Å². The summed E-state index contributed by atoms with van der Waals surface area (Å²) in [5, 5.41) is 6.86. The maximum absolute atomic E-state index is 4.29. The Labute approximate surface area is 135 Å². The van der Waals surface area contributed by atoms with Gasteiger partial charge in [0, 0.05) is 20.1 Å².